The molecule has 1 aliphatic heterocycles. The second kappa shape index (κ2) is 6.15. The van der Waals surface area contributed by atoms with Gasteiger partial charge in [0.25, 0.3) is 5.91 Å². The van der Waals surface area contributed by atoms with Crippen molar-refractivity contribution in [1.29, 1.82) is 0 Å². The number of nitrogens with zero attached hydrogens (tertiary/aromatic N) is 1. The molecule has 0 aliphatic carbocycles. The number of hydrogen-bond donors (Lipinski definition) is 2. The molecule has 1 aliphatic rings. The van der Waals surface area contributed by atoms with Crippen molar-refractivity contribution in [3.63, 3.8) is 0 Å². The van der Waals surface area contributed by atoms with Crippen molar-refractivity contribution in [2.24, 2.45) is 11.7 Å². The Kier molecular flexibility index (Phi) is 4.06. The Morgan fingerprint density at radius 1 is 1.14 bits per heavy atom. The molecule has 3 rings (SSSR count). The SMILES string of the molecule is NC[C@@H]1CCN(C(=O)c2ccc(C(=O)c3cc[nH]c3)cc2)C1. The third-order valence-electron chi connectivity index (χ3n) is 4.16. The van der Waals surface area contributed by atoms with Gasteiger partial charge in [-0.05, 0) is 37.1 Å². The van der Waals surface area contributed by atoms with E-state index in [1.54, 1.807) is 42.7 Å². The van der Waals surface area contributed by atoms with E-state index in [2.05, 4.69) is 4.98 Å². The largest absolute Gasteiger partial charge is 0.367 e. The molecular formula is C17H19N3O2. The van der Waals surface area contributed by atoms with Gasteiger partial charge in [-0.1, -0.05) is 12.1 Å². The lowest BCUT2D eigenvalue weighted by Gasteiger charge is -2.16. The number of aromatic nitrogens is 1. The number of aromatic amines is 1. The van der Waals surface area contributed by atoms with Crippen LogP contribution in [0.2, 0.25) is 0 Å². The van der Waals surface area contributed by atoms with E-state index in [-0.39, 0.29) is 11.7 Å². The second-order valence-electron chi connectivity index (χ2n) is 5.65. The lowest BCUT2D eigenvalue weighted by atomic mass is 10.0. The van der Waals surface area contributed by atoms with E-state index in [0.717, 1.165) is 19.5 Å². The molecule has 5 nitrogen and oxygen atoms in total. The molecule has 1 aromatic heterocycles. The molecule has 114 valence electrons. The van der Waals surface area contributed by atoms with E-state index in [1.807, 2.05) is 4.90 Å². The van der Waals surface area contributed by atoms with Gasteiger partial charge >= 0.3 is 0 Å². The Morgan fingerprint density at radius 3 is 2.45 bits per heavy atom. The van der Waals surface area contributed by atoms with Gasteiger partial charge < -0.3 is 15.6 Å². The Hall–Kier alpha value is -2.40. The standard InChI is InChI=1S/C17H19N3O2/c18-9-12-6-8-20(11-12)17(22)14-3-1-13(2-4-14)16(21)15-5-7-19-10-15/h1-5,7,10,12,19H,6,8-9,11,18H2/t12-/m0/s1. The summed E-state index contributed by atoms with van der Waals surface area (Å²) in [4.78, 5) is 29.3. The van der Waals surface area contributed by atoms with E-state index in [1.165, 1.54) is 0 Å². The van der Waals surface area contributed by atoms with Gasteiger partial charge in [0.2, 0.25) is 0 Å². The Balaban J connectivity index is 1.72. The molecule has 3 N–H and O–H groups in total. The van der Waals surface area contributed by atoms with Crippen molar-refractivity contribution < 1.29 is 9.59 Å². The number of carbonyl (C=O) groups is 2. The summed E-state index contributed by atoms with van der Waals surface area (Å²) in [5.74, 6) is 0.361. The quantitative estimate of drug-likeness (QED) is 0.842. The summed E-state index contributed by atoms with van der Waals surface area (Å²) >= 11 is 0. The molecule has 1 aromatic carbocycles. The van der Waals surface area contributed by atoms with Crippen LogP contribution in [-0.4, -0.2) is 41.2 Å². The molecule has 5 heteroatoms. The number of hydrogen-bond acceptors (Lipinski definition) is 3. The highest BCUT2D eigenvalue weighted by molar-refractivity contribution is 6.09. The first-order valence-electron chi connectivity index (χ1n) is 7.46. The molecule has 0 unspecified atom stereocenters. The van der Waals surface area contributed by atoms with E-state index in [0.29, 0.717) is 29.2 Å². The maximum absolute atomic E-state index is 12.4. The van der Waals surface area contributed by atoms with Crippen LogP contribution < -0.4 is 5.73 Å². The number of benzene rings is 1. The van der Waals surface area contributed by atoms with Crippen LogP contribution in [0, 0.1) is 5.92 Å². The van der Waals surface area contributed by atoms with Crippen molar-refractivity contribution in [2.45, 2.75) is 6.42 Å². The molecule has 22 heavy (non-hydrogen) atoms. The van der Waals surface area contributed by atoms with Gasteiger partial charge in [-0.15, -0.1) is 0 Å². The summed E-state index contributed by atoms with van der Waals surface area (Å²) in [6.45, 7) is 2.10. The third kappa shape index (κ3) is 2.80. The number of ketones is 1. The monoisotopic (exact) mass is 297 g/mol. The molecule has 2 heterocycles. The average molecular weight is 297 g/mol. The van der Waals surface area contributed by atoms with Gasteiger partial charge in [-0.25, -0.2) is 0 Å². The first-order chi connectivity index (χ1) is 10.7. The van der Waals surface area contributed by atoms with Crippen molar-refractivity contribution in [2.75, 3.05) is 19.6 Å². The van der Waals surface area contributed by atoms with Crippen LogP contribution in [0.25, 0.3) is 0 Å². The minimum absolute atomic E-state index is 0.0107. The average Bonchev–Trinajstić information content (AvgIpc) is 3.25. The topological polar surface area (TPSA) is 79.2 Å². The molecule has 0 radical (unpaired) electrons. The summed E-state index contributed by atoms with van der Waals surface area (Å²) < 4.78 is 0. The van der Waals surface area contributed by atoms with Crippen LogP contribution in [0.1, 0.15) is 32.7 Å². The summed E-state index contributed by atoms with van der Waals surface area (Å²) in [6, 6.07) is 8.59. The molecule has 0 spiro atoms. The number of carbonyl (C=O) groups excluding carboxylic acids is 2. The predicted octanol–water partition coefficient (Wildman–Crippen LogP) is 1.67. The van der Waals surface area contributed by atoms with Crippen molar-refractivity contribution >= 4 is 11.7 Å². The zero-order valence-electron chi connectivity index (χ0n) is 12.3. The number of likely N-dealkylation sites (tertiary alicyclic amines) is 1. The molecule has 2 aromatic rings. The normalized spacial score (nSPS) is 17.7. The lowest BCUT2D eigenvalue weighted by Crippen LogP contribution is -2.29. The lowest BCUT2D eigenvalue weighted by molar-refractivity contribution is 0.0787. The van der Waals surface area contributed by atoms with Gasteiger partial charge in [-0.2, -0.15) is 0 Å². The van der Waals surface area contributed by atoms with Crippen LogP contribution >= 0.6 is 0 Å². The fraction of sp³-hybridized carbons (Fsp3) is 0.294. The van der Waals surface area contributed by atoms with Gasteiger partial charge in [0.05, 0.1) is 0 Å². The van der Waals surface area contributed by atoms with E-state index in [9.17, 15) is 9.59 Å². The zero-order chi connectivity index (χ0) is 15.5. The van der Waals surface area contributed by atoms with Gasteiger partial charge in [0.15, 0.2) is 5.78 Å². The molecule has 1 saturated heterocycles. The zero-order valence-corrected chi connectivity index (χ0v) is 12.3. The highest BCUT2D eigenvalue weighted by atomic mass is 16.2. The Morgan fingerprint density at radius 2 is 1.86 bits per heavy atom. The highest BCUT2D eigenvalue weighted by Gasteiger charge is 2.26. The van der Waals surface area contributed by atoms with E-state index in [4.69, 9.17) is 5.73 Å². The summed E-state index contributed by atoms with van der Waals surface area (Å²) in [5, 5.41) is 0. The fourth-order valence-corrected chi connectivity index (χ4v) is 2.79. The molecule has 1 fully saturated rings. The number of rotatable bonds is 4. The number of nitrogens with two attached hydrogens (primary N) is 1. The van der Waals surface area contributed by atoms with Crippen LogP contribution in [-0.2, 0) is 0 Å². The maximum Gasteiger partial charge on any atom is 0.253 e. The van der Waals surface area contributed by atoms with Gasteiger partial charge in [0, 0.05) is 42.2 Å². The van der Waals surface area contributed by atoms with E-state index < -0.39 is 0 Å². The second-order valence-corrected chi connectivity index (χ2v) is 5.65. The number of H-pyrrole nitrogens is 1. The van der Waals surface area contributed by atoms with Crippen LogP contribution in [0.15, 0.2) is 42.7 Å². The highest BCUT2D eigenvalue weighted by Crippen LogP contribution is 2.18. The first-order valence-corrected chi connectivity index (χ1v) is 7.46. The third-order valence-corrected chi connectivity index (χ3v) is 4.16. The van der Waals surface area contributed by atoms with Crippen LogP contribution in [0.3, 0.4) is 0 Å². The predicted molar refractivity (Wildman–Crippen MR) is 83.7 cm³/mol. The molecule has 1 amide bonds. The first kappa shape index (κ1) is 14.5. The van der Waals surface area contributed by atoms with Crippen LogP contribution in [0.5, 0.6) is 0 Å². The molecule has 0 saturated carbocycles. The van der Waals surface area contributed by atoms with Crippen LogP contribution in [0.4, 0.5) is 0 Å². The van der Waals surface area contributed by atoms with Gasteiger partial charge in [-0.3, -0.25) is 9.59 Å². The maximum atomic E-state index is 12.4. The summed E-state index contributed by atoms with van der Waals surface area (Å²) in [6.07, 6.45) is 4.34. The molecular weight excluding hydrogens is 278 g/mol. The minimum Gasteiger partial charge on any atom is -0.367 e. The van der Waals surface area contributed by atoms with Crippen molar-refractivity contribution in [3.8, 4) is 0 Å². The van der Waals surface area contributed by atoms with Crippen molar-refractivity contribution in [3.05, 3.63) is 59.4 Å². The summed E-state index contributed by atoms with van der Waals surface area (Å²) in [5.41, 5.74) is 7.47. The van der Waals surface area contributed by atoms with E-state index >= 15 is 0 Å². The van der Waals surface area contributed by atoms with Gasteiger partial charge in [0.1, 0.15) is 0 Å². The minimum atomic E-state index is -0.0513. The number of amides is 1. The smallest absolute Gasteiger partial charge is 0.253 e. The molecule has 0 bridgehead atoms. The number of nitrogens with one attached hydrogen (secondary N) is 1. The fourth-order valence-electron chi connectivity index (χ4n) is 2.79. The summed E-state index contributed by atoms with van der Waals surface area (Å²) in [7, 11) is 0. The molecule has 1 atom stereocenters. The Labute approximate surface area is 129 Å². The Bertz CT molecular complexity index is 662. The van der Waals surface area contributed by atoms with Crippen molar-refractivity contribution in [1.82, 2.24) is 9.88 Å².